The van der Waals surface area contributed by atoms with Gasteiger partial charge in [-0.05, 0) is 37.3 Å². The van der Waals surface area contributed by atoms with Crippen LogP contribution in [0.15, 0.2) is 12.1 Å². The van der Waals surface area contributed by atoms with Crippen molar-refractivity contribution >= 4 is 5.82 Å². The van der Waals surface area contributed by atoms with Gasteiger partial charge in [-0.2, -0.15) is 5.26 Å². The molecule has 0 saturated heterocycles. The highest BCUT2D eigenvalue weighted by Crippen LogP contribution is 2.37. The molecule has 1 aliphatic carbocycles. The summed E-state index contributed by atoms with van der Waals surface area (Å²) >= 11 is 0. The third-order valence-corrected chi connectivity index (χ3v) is 3.59. The van der Waals surface area contributed by atoms with Crippen LogP contribution in [-0.4, -0.2) is 11.5 Å². The Morgan fingerprint density at radius 1 is 1.41 bits per heavy atom. The molecule has 3 nitrogen and oxygen atoms in total. The Labute approximate surface area is 103 Å². The van der Waals surface area contributed by atoms with Crippen molar-refractivity contribution in [3.8, 4) is 6.07 Å². The molecule has 1 heterocycles. The molecule has 3 heteroatoms. The molecule has 1 saturated carbocycles. The van der Waals surface area contributed by atoms with Gasteiger partial charge in [-0.15, -0.1) is 0 Å². The molecule has 1 aliphatic rings. The van der Waals surface area contributed by atoms with Gasteiger partial charge in [0.1, 0.15) is 5.82 Å². The quantitative estimate of drug-likeness (QED) is 0.865. The Bertz CT molecular complexity index is 439. The molecule has 0 aromatic carbocycles. The number of nitrogens with one attached hydrogen (secondary N) is 1. The molecule has 1 aromatic rings. The van der Waals surface area contributed by atoms with E-state index in [0.717, 1.165) is 18.1 Å². The minimum Gasteiger partial charge on any atom is -0.369 e. The van der Waals surface area contributed by atoms with Crippen molar-refractivity contribution in [2.45, 2.75) is 39.5 Å². The molecule has 0 aliphatic heterocycles. The fourth-order valence-corrected chi connectivity index (χ4v) is 2.53. The minimum absolute atomic E-state index is 0.401. The van der Waals surface area contributed by atoms with Crippen LogP contribution in [0.5, 0.6) is 0 Å². The van der Waals surface area contributed by atoms with E-state index in [9.17, 15) is 0 Å². The summed E-state index contributed by atoms with van der Waals surface area (Å²) < 4.78 is 0. The standard InChI is InChI=1S/C14H19N3/c1-11-7-12(9-15)8-13(17-11)16-10-14(2)5-3-4-6-14/h7-8H,3-6,10H2,1-2H3,(H,16,17). The molecule has 1 fully saturated rings. The maximum atomic E-state index is 8.91. The van der Waals surface area contributed by atoms with Crippen LogP contribution in [0.25, 0.3) is 0 Å². The van der Waals surface area contributed by atoms with Crippen LogP contribution in [0.4, 0.5) is 5.82 Å². The van der Waals surface area contributed by atoms with E-state index in [1.807, 2.05) is 19.1 Å². The Hall–Kier alpha value is -1.56. The highest BCUT2D eigenvalue weighted by Gasteiger charge is 2.28. The van der Waals surface area contributed by atoms with E-state index in [4.69, 9.17) is 5.26 Å². The molecule has 0 spiro atoms. The molecular formula is C14H19N3. The summed E-state index contributed by atoms with van der Waals surface area (Å²) in [6.07, 6.45) is 5.25. The predicted molar refractivity (Wildman–Crippen MR) is 68.8 cm³/mol. The van der Waals surface area contributed by atoms with Gasteiger partial charge in [0, 0.05) is 12.2 Å². The molecule has 1 N–H and O–H groups in total. The fraction of sp³-hybridized carbons (Fsp3) is 0.571. The lowest BCUT2D eigenvalue weighted by atomic mass is 9.89. The van der Waals surface area contributed by atoms with E-state index in [0.29, 0.717) is 11.0 Å². The summed E-state index contributed by atoms with van der Waals surface area (Å²) in [7, 11) is 0. The molecule has 0 atom stereocenters. The van der Waals surface area contributed by atoms with E-state index in [1.165, 1.54) is 25.7 Å². The molecule has 90 valence electrons. The van der Waals surface area contributed by atoms with Gasteiger partial charge in [0.15, 0.2) is 0 Å². The maximum Gasteiger partial charge on any atom is 0.127 e. The number of nitriles is 1. The number of aryl methyl sites for hydroxylation is 1. The van der Waals surface area contributed by atoms with Gasteiger partial charge in [0.05, 0.1) is 11.6 Å². The summed E-state index contributed by atoms with van der Waals surface area (Å²) in [5, 5.41) is 12.3. The topological polar surface area (TPSA) is 48.7 Å². The summed E-state index contributed by atoms with van der Waals surface area (Å²) in [6.45, 7) is 5.20. The summed E-state index contributed by atoms with van der Waals surface area (Å²) in [5.74, 6) is 0.828. The van der Waals surface area contributed by atoms with Crippen molar-refractivity contribution in [2.24, 2.45) is 5.41 Å². The Morgan fingerprint density at radius 2 is 2.12 bits per heavy atom. The van der Waals surface area contributed by atoms with Gasteiger partial charge in [-0.25, -0.2) is 4.98 Å². The highest BCUT2D eigenvalue weighted by molar-refractivity contribution is 5.44. The molecule has 17 heavy (non-hydrogen) atoms. The van der Waals surface area contributed by atoms with Crippen molar-refractivity contribution in [1.82, 2.24) is 4.98 Å². The molecular weight excluding hydrogens is 210 g/mol. The van der Waals surface area contributed by atoms with E-state index in [1.54, 1.807) is 0 Å². The molecule has 0 bridgehead atoms. The zero-order valence-electron chi connectivity index (χ0n) is 10.6. The van der Waals surface area contributed by atoms with Crippen molar-refractivity contribution < 1.29 is 0 Å². The van der Waals surface area contributed by atoms with Crippen molar-refractivity contribution in [2.75, 3.05) is 11.9 Å². The van der Waals surface area contributed by atoms with Crippen molar-refractivity contribution in [3.05, 3.63) is 23.4 Å². The Morgan fingerprint density at radius 3 is 2.76 bits per heavy atom. The van der Waals surface area contributed by atoms with Gasteiger partial charge in [-0.3, -0.25) is 0 Å². The number of nitrogens with zero attached hydrogens (tertiary/aromatic N) is 2. The number of pyridine rings is 1. The van der Waals surface area contributed by atoms with Gasteiger partial charge in [-0.1, -0.05) is 19.8 Å². The third kappa shape index (κ3) is 2.97. The summed E-state index contributed by atoms with van der Waals surface area (Å²) in [4.78, 5) is 4.41. The number of aromatic nitrogens is 1. The van der Waals surface area contributed by atoms with Gasteiger partial charge in [0.2, 0.25) is 0 Å². The molecule has 0 radical (unpaired) electrons. The van der Waals surface area contributed by atoms with Crippen LogP contribution in [0.3, 0.4) is 0 Å². The normalized spacial score (nSPS) is 17.7. The SMILES string of the molecule is Cc1cc(C#N)cc(NCC2(C)CCCC2)n1. The predicted octanol–water partition coefficient (Wildman–Crippen LogP) is 3.25. The monoisotopic (exact) mass is 229 g/mol. The lowest BCUT2D eigenvalue weighted by Crippen LogP contribution is -2.23. The average molecular weight is 229 g/mol. The van der Waals surface area contributed by atoms with Crippen LogP contribution in [0.2, 0.25) is 0 Å². The van der Waals surface area contributed by atoms with E-state index in [2.05, 4.69) is 23.3 Å². The number of rotatable bonds is 3. The largest absolute Gasteiger partial charge is 0.369 e. The van der Waals surface area contributed by atoms with Crippen LogP contribution in [0, 0.1) is 23.7 Å². The highest BCUT2D eigenvalue weighted by atomic mass is 15.0. The first-order valence-electron chi connectivity index (χ1n) is 6.24. The molecule has 0 unspecified atom stereocenters. The second-order valence-corrected chi connectivity index (χ2v) is 5.37. The van der Waals surface area contributed by atoms with Crippen LogP contribution < -0.4 is 5.32 Å². The Balaban J connectivity index is 2.04. The van der Waals surface area contributed by atoms with Gasteiger partial charge < -0.3 is 5.32 Å². The van der Waals surface area contributed by atoms with E-state index < -0.39 is 0 Å². The minimum atomic E-state index is 0.401. The van der Waals surface area contributed by atoms with Crippen LogP contribution in [0.1, 0.15) is 43.9 Å². The van der Waals surface area contributed by atoms with Crippen LogP contribution >= 0.6 is 0 Å². The van der Waals surface area contributed by atoms with Crippen LogP contribution in [-0.2, 0) is 0 Å². The lowest BCUT2D eigenvalue weighted by molar-refractivity contribution is 0.361. The number of hydrogen-bond acceptors (Lipinski definition) is 3. The average Bonchev–Trinajstić information content (AvgIpc) is 2.73. The number of anilines is 1. The van der Waals surface area contributed by atoms with E-state index >= 15 is 0 Å². The van der Waals surface area contributed by atoms with Gasteiger partial charge in [0.25, 0.3) is 0 Å². The number of hydrogen-bond donors (Lipinski definition) is 1. The van der Waals surface area contributed by atoms with E-state index in [-0.39, 0.29) is 0 Å². The van der Waals surface area contributed by atoms with Crippen molar-refractivity contribution in [1.29, 1.82) is 5.26 Å². The fourth-order valence-electron chi connectivity index (χ4n) is 2.53. The first-order chi connectivity index (χ1) is 8.11. The molecule has 0 amide bonds. The molecule has 2 rings (SSSR count). The Kier molecular flexibility index (Phi) is 3.33. The maximum absolute atomic E-state index is 8.91. The first-order valence-corrected chi connectivity index (χ1v) is 6.24. The third-order valence-electron chi connectivity index (χ3n) is 3.59. The van der Waals surface area contributed by atoms with Crippen molar-refractivity contribution in [3.63, 3.8) is 0 Å². The van der Waals surface area contributed by atoms with Gasteiger partial charge >= 0.3 is 0 Å². The second kappa shape index (κ2) is 4.75. The zero-order chi connectivity index (χ0) is 12.3. The summed E-state index contributed by atoms with van der Waals surface area (Å²) in [5.41, 5.74) is 1.97. The lowest BCUT2D eigenvalue weighted by Gasteiger charge is -2.24. The second-order valence-electron chi connectivity index (χ2n) is 5.37. The smallest absolute Gasteiger partial charge is 0.127 e. The molecule has 1 aromatic heterocycles. The summed E-state index contributed by atoms with van der Waals surface area (Å²) in [6, 6.07) is 5.80. The zero-order valence-corrected chi connectivity index (χ0v) is 10.6. The first kappa shape index (κ1) is 11.9.